The number of rotatable bonds is 5. The Kier molecular flexibility index (Phi) is 3.57. The third-order valence-electron chi connectivity index (χ3n) is 3.41. The van der Waals surface area contributed by atoms with E-state index >= 15 is 0 Å². The summed E-state index contributed by atoms with van der Waals surface area (Å²) in [6, 6.07) is 5.24. The van der Waals surface area contributed by atoms with E-state index in [1.807, 2.05) is 6.92 Å². The highest BCUT2D eigenvalue weighted by molar-refractivity contribution is 5.44. The predicted octanol–water partition coefficient (Wildman–Crippen LogP) is 2.94. The molecule has 17 heavy (non-hydrogen) atoms. The van der Waals surface area contributed by atoms with Crippen molar-refractivity contribution in [2.75, 3.05) is 0 Å². The van der Waals surface area contributed by atoms with Gasteiger partial charge in [-0.15, -0.1) is 0 Å². The molecule has 94 valence electrons. The first-order valence-electron chi connectivity index (χ1n) is 6.34. The summed E-state index contributed by atoms with van der Waals surface area (Å²) in [5.41, 5.74) is 0.593. The minimum atomic E-state index is -0.0371. The number of hydrogen-bond acceptors (Lipinski definition) is 3. The van der Waals surface area contributed by atoms with E-state index in [-0.39, 0.29) is 17.5 Å². The molecule has 1 saturated carbocycles. The van der Waals surface area contributed by atoms with Gasteiger partial charge in [0, 0.05) is 12.1 Å². The minimum absolute atomic E-state index is 0.0371. The second-order valence-corrected chi connectivity index (χ2v) is 5.18. The van der Waals surface area contributed by atoms with Crippen molar-refractivity contribution in [2.45, 2.75) is 45.2 Å². The van der Waals surface area contributed by atoms with E-state index in [0.29, 0.717) is 11.6 Å². The Labute approximate surface area is 102 Å². The van der Waals surface area contributed by atoms with Crippen molar-refractivity contribution < 1.29 is 10.2 Å². The second kappa shape index (κ2) is 4.96. The highest BCUT2D eigenvalue weighted by Crippen LogP contribution is 2.35. The van der Waals surface area contributed by atoms with Crippen LogP contribution in [0.5, 0.6) is 11.5 Å². The summed E-state index contributed by atoms with van der Waals surface area (Å²) in [6.07, 6.45) is 3.88. The number of aromatic hydroxyl groups is 2. The van der Waals surface area contributed by atoms with Crippen LogP contribution in [0.15, 0.2) is 18.2 Å². The van der Waals surface area contributed by atoms with Crippen LogP contribution in [0.1, 0.15) is 44.7 Å². The van der Waals surface area contributed by atoms with Crippen LogP contribution in [0.4, 0.5) is 0 Å². The van der Waals surface area contributed by atoms with Crippen LogP contribution < -0.4 is 5.32 Å². The van der Waals surface area contributed by atoms with Gasteiger partial charge < -0.3 is 15.5 Å². The Hall–Kier alpha value is -1.22. The summed E-state index contributed by atoms with van der Waals surface area (Å²) < 4.78 is 0. The number of phenolic OH excluding ortho intramolecular Hbond substituents is 2. The lowest BCUT2D eigenvalue weighted by Gasteiger charge is -2.21. The number of benzene rings is 1. The smallest absolute Gasteiger partial charge is 0.124 e. The molecule has 0 radical (unpaired) electrons. The topological polar surface area (TPSA) is 52.5 Å². The molecule has 2 rings (SSSR count). The lowest BCUT2D eigenvalue weighted by molar-refractivity contribution is 0.393. The van der Waals surface area contributed by atoms with E-state index in [2.05, 4.69) is 12.2 Å². The summed E-state index contributed by atoms with van der Waals surface area (Å²) in [6.45, 7) is 4.13. The third-order valence-corrected chi connectivity index (χ3v) is 3.41. The largest absolute Gasteiger partial charge is 0.507 e. The molecular formula is C14H21NO2. The van der Waals surface area contributed by atoms with E-state index in [4.69, 9.17) is 0 Å². The van der Waals surface area contributed by atoms with Gasteiger partial charge in [-0.25, -0.2) is 0 Å². The van der Waals surface area contributed by atoms with Gasteiger partial charge >= 0.3 is 0 Å². The highest BCUT2D eigenvalue weighted by Gasteiger charge is 2.25. The van der Waals surface area contributed by atoms with Crippen LogP contribution in [0.3, 0.4) is 0 Å². The molecule has 0 saturated heterocycles. The molecule has 3 heteroatoms. The van der Waals surface area contributed by atoms with Gasteiger partial charge in [0.05, 0.1) is 5.56 Å². The summed E-state index contributed by atoms with van der Waals surface area (Å²) in [4.78, 5) is 0. The molecule has 0 aliphatic heterocycles. The van der Waals surface area contributed by atoms with Crippen molar-refractivity contribution in [3.8, 4) is 11.5 Å². The summed E-state index contributed by atoms with van der Waals surface area (Å²) >= 11 is 0. The fourth-order valence-electron chi connectivity index (χ4n) is 2.42. The molecule has 2 unspecified atom stereocenters. The minimum Gasteiger partial charge on any atom is -0.507 e. The Balaban J connectivity index is 2.00. The van der Waals surface area contributed by atoms with Gasteiger partial charge in [0.1, 0.15) is 11.5 Å². The van der Waals surface area contributed by atoms with Crippen molar-refractivity contribution in [2.24, 2.45) is 5.92 Å². The molecule has 1 aromatic carbocycles. The zero-order valence-electron chi connectivity index (χ0n) is 10.5. The van der Waals surface area contributed by atoms with E-state index in [1.54, 1.807) is 18.2 Å². The highest BCUT2D eigenvalue weighted by atomic mass is 16.3. The monoisotopic (exact) mass is 235 g/mol. The Bertz CT molecular complexity index is 368. The second-order valence-electron chi connectivity index (χ2n) is 5.18. The van der Waals surface area contributed by atoms with Crippen LogP contribution in [0.25, 0.3) is 0 Å². The summed E-state index contributed by atoms with van der Waals surface area (Å²) in [5.74, 6) is 1.19. The average molecular weight is 235 g/mol. The molecule has 1 aliphatic carbocycles. The van der Waals surface area contributed by atoms with E-state index in [9.17, 15) is 10.2 Å². The van der Waals surface area contributed by atoms with Gasteiger partial charge in [-0.05, 0) is 38.3 Å². The van der Waals surface area contributed by atoms with Crippen molar-refractivity contribution >= 4 is 0 Å². The SMILES string of the molecule is CC(CC1CC1)NC(C)c1c(O)cccc1O. The molecular weight excluding hydrogens is 214 g/mol. The van der Waals surface area contributed by atoms with Crippen molar-refractivity contribution in [1.29, 1.82) is 0 Å². The maximum atomic E-state index is 9.77. The van der Waals surface area contributed by atoms with Crippen molar-refractivity contribution in [1.82, 2.24) is 5.32 Å². The van der Waals surface area contributed by atoms with Gasteiger partial charge in [-0.2, -0.15) is 0 Å². The molecule has 3 nitrogen and oxygen atoms in total. The molecule has 3 N–H and O–H groups in total. The first-order chi connectivity index (χ1) is 8.08. The summed E-state index contributed by atoms with van der Waals surface area (Å²) in [5, 5.41) is 23.0. The normalized spacial score (nSPS) is 18.9. The number of phenols is 2. The van der Waals surface area contributed by atoms with Crippen LogP contribution >= 0.6 is 0 Å². The van der Waals surface area contributed by atoms with Gasteiger partial charge in [0.25, 0.3) is 0 Å². The van der Waals surface area contributed by atoms with Gasteiger partial charge in [0.15, 0.2) is 0 Å². The third kappa shape index (κ3) is 3.13. The lowest BCUT2D eigenvalue weighted by Crippen LogP contribution is -2.29. The quantitative estimate of drug-likeness (QED) is 0.735. The standard InChI is InChI=1S/C14H21NO2/c1-9(8-11-6-7-11)15-10(2)14-12(16)4-3-5-13(14)17/h3-5,9-11,15-17H,6-8H2,1-2H3. The fraction of sp³-hybridized carbons (Fsp3) is 0.571. The average Bonchev–Trinajstić information content (AvgIpc) is 3.00. The fourth-order valence-corrected chi connectivity index (χ4v) is 2.42. The van der Waals surface area contributed by atoms with Gasteiger partial charge in [0.2, 0.25) is 0 Å². The van der Waals surface area contributed by atoms with Gasteiger partial charge in [-0.3, -0.25) is 0 Å². The van der Waals surface area contributed by atoms with Crippen LogP contribution in [0, 0.1) is 5.92 Å². The van der Waals surface area contributed by atoms with Crippen LogP contribution in [-0.4, -0.2) is 16.3 Å². The Morgan fingerprint density at radius 3 is 2.35 bits per heavy atom. The summed E-state index contributed by atoms with van der Waals surface area (Å²) in [7, 11) is 0. The zero-order chi connectivity index (χ0) is 12.4. The van der Waals surface area contributed by atoms with Crippen molar-refractivity contribution in [3.05, 3.63) is 23.8 Å². The molecule has 1 fully saturated rings. The molecule has 1 aromatic rings. The maximum absolute atomic E-state index is 9.77. The zero-order valence-corrected chi connectivity index (χ0v) is 10.5. The number of nitrogens with one attached hydrogen (secondary N) is 1. The first kappa shape index (κ1) is 12.2. The molecule has 0 aromatic heterocycles. The molecule has 2 atom stereocenters. The Morgan fingerprint density at radius 2 is 1.82 bits per heavy atom. The van der Waals surface area contributed by atoms with Crippen LogP contribution in [0.2, 0.25) is 0 Å². The molecule has 0 bridgehead atoms. The van der Waals surface area contributed by atoms with Gasteiger partial charge in [-0.1, -0.05) is 18.9 Å². The Morgan fingerprint density at radius 1 is 1.24 bits per heavy atom. The first-order valence-corrected chi connectivity index (χ1v) is 6.34. The molecule has 0 amide bonds. The van der Waals surface area contributed by atoms with E-state index < -0.39 is 0 Å². The number of hydrogen-bond donors (Lipinski definition) is 3. The van der Waals surface area contributed by atoms with E-state index in [1.165, 1.54) is 19.3 Å². The van der Waals surface area contributed by atoms with Crippen LogP contribution in [-0.2, 0) is 0 Å². The predicted molar refractivity (Wildman–Crippen MR) is 68.1 cm³/mol. The molecule has 0 heterocycles. The van der Waals surface area contributed by atoms with E-state index in [0.717, 1.165) is 5.92 Å². The van der Waals surface area contributed by atoms with Crippen molar-refractivity contribution in [3.63, 3.8) is 0 Å². The maximum Gasteiger partial charge on any atom is 0.124 e. The molecule has 0 spiro atoms. The lowest BCUT2D eigenvalue weighted by atomic mass is 10.0. The molecule has 1 aliphatic rings.